The molecule has 0 radical (unpaired) electrons. The second kappa shape index (κ2) is 6.80. The number of anilines is 1. The van der Waals surface area contributed by atoms with Crippen molar-refractivity contribution in [3.63, 3.8) is 0 Å². The van der Waals surface area contributed by atoms with Gasteiger partial charge in [-0.2, -0.15) is 0 Å². The first-order chi connectivity index (χ1) is 12.5. The second-order valence-electron chi connectivity index (χ2n) is 6.52. The van der Waals surface area contributed by atoms with Crippen LogP contribution in [0.15, 0.2) is 42.5 Å². The van der Waals surface area contributed by atoms with Crippen molar-refractivity contribution in [3.8, 4) is 0 Å². The zero-order chi connectivity index (χ0) is 18.4. The van der Waals surface area contributed by atoms with Crippen molar-refractivity contribution in [2.45, 2.75) is 18.4 Å². The Kier molecular flexibility index (Phi) is 4.64. The molecule has 1 heterocycles. The maximum atomic E-state index is 12.3. The van der Waals surface area contributed by atoms with Crippen molar-refractivity contribution < 1.29 is 9.53 Å². The summed E-state index contributed by atoms with van der Waals surface area (Å²) < 4.78 is 4.96. The van der Waals surface area contributed by atoms with Gasteiger partial charge in [0.15, 0.2) is 0 Å². The fourth-order valence-corrected chi connectivity index (χ4v) is 4.77. The number of ether oxygens (including phenoxy) is 1. The molecular formula is C20H16Cl3NO2. The Morgan fingerprint density at radius 3 is 2.69 bits per heavy atom. The summed E-state index contributed by atoms with van der Waals surface area (Å²) in [4.78, 5) is 12.3. The average Bonchev–Trinajstić information content (AvgIpc) is 3.11. The first-order valence-corrected chi connectivity index (χ1v) is 9.43. The molecule has 1 aliphatic heterocycles. The van der Waals surface area contributed by atoms with Crippen LogP contribution >= 0.6 is 34.8 Å². The van der Waals surface area contributed by atoms with Crippen molar-refractivity contribution in [1.82, 2.24) is 0 Å². The Labute approximate surface area is 166 Å². The Balaban J connectivity index is 1.87. The number of methoxy groups -OCH3 is 1. The number of benzene rings is 2. The molecule has 134 valence electrons. The van der Waals surface area contributed by atoms with Gasteiger partial charge >= 0.3 is 5.97 Å². The molecular weight excluding hydrogens is 393 g/mol. The van der Waals surface area contributed by atoms with E-state index in [0.717, 1.165) is 23.2 Å². The molecule has 3 nitrogen and oxygen atoms in total. The monoisotopic (exact) mass is 407 g/mol. The summed E-state index contributed by atoms with van der Waals surface area (Å²) in [5.41, 5.74) is 3.17. The quantitative estimate of drug-likeness (QED) is 0.471. The molecule has 3 atom stereocenters. The molecule has 2 aromatic carbocycles. The number of carbonyl (C=O) groups excluding carboxylic acids is 1. The van der Waals surface area contributed by atoms with Gasteiger partial charge in [0.05, 0.1) is 29.4 Å². The van der Waals surface area contributed by atoms with Crippen LogP contribution in [0.2, 0.25) is 15.1 Å². The van der Waals surface area contributed by atoms with Crippen LogP contribution in [-0.4, -0.2) is 13.1 Å². The lowest BCUT2D eigenvalue weighted by atomic mass is 9.75. The smallest absolute Gasteiger partial charge is 0.338 e. The number of halogens is 3. The molecule has 0 aromatic heterocycles. The number of hydrogen-bond donors (Lipinski definition) is 1. The highest BCUT2D eigenvalue weighted by molar-refractivity contribution is 6.35. The Morgan fingerprint density at radius 2 is 1.96 bits per heavy atom. The van der Waals surface area contributed by atoms with E-state index in [0.29, 0.717) is 20.6 Å². The van der Waals surface area contributed by atoms with E-state index in [1.807, 2.05) is 12.1 Å². The fourth-order valence-electron chi connectivity index (χ4n) is 4.02. The number of hydrogen-bond acceptors (Lipinski definition) is 3. The van der Waals surface area contributed by atoms with Gasteiger partial charge < -0.3 is 10.1 Å². The zero-order valence-corrected chi connectivity index (χ0v) is 16.2. The van der Waals surface area contributed by atoms with Gasteiger partial charge in [0, 0.05) is 16.0 Å². The van der Waals surface area contributed by atoms with E-state index in [-0.39, 0.29) is 23.8 Å². The highest BCUT2D eigenvalue weighted by atomic mass is 35.5. The molecule has 2 aliphatic rings. The molecule has 1 N–H and O–H groups in total. The number of nitrogens with one attached hydrogen (secondary N) is 1. The molecule has 4 rings (SSSR count). The number of fused-ring (bicyclic) bond motifs is 3. The van der Waals surface area contributed by atoms with Crippen LogP contribution in [0.1, 0.15) is 39.9 Å². The SMILES string of the molecule is COC(=O)c1ccc(Cl)c2c1[C@@H]1C=CC[C@@H]1[C@@H](c1ccc(Cl)cc1Cl)N2. The molecule has 0 amide bonds. The van der Waals surface area contributed by atoms with Crippen molar-refractivity contribution in [3.05, 3.63) is 74.2 Å². The van der Waals surface area contributed by atoms with E-state index in [2.05, 4.69) is 17.5 Å². The maximum Gasteiger partial charge on any atom is 0.338 e. The molecule has 1 aliphatic carbocycles. The molecule has 0 bridgehead atoms. The second-order valence-corrected chi connectivity index (χ2v) is 7.77. The Morgan fingerprint density at radius 1 is 1.15 bits per heavy atom. The van der Waals surface area contributed by atoms with E-state index in [4.69, 9.17) is 39.5 Å². The van der Waals surface area contributed by atoms with Gasteiger partial charge in [0.2, 0.25) is 0 Å². The molecule has 6 heteroatoms. The number of carbonyl (C=O) groups is 1. The number of rotatable bonds is 2. The molecule has 26 heavy (non-hydrogen) atoms. The number of allylic oxidation sites excluding steroid dienone is 2. The molecule has 0 unspecified atom stereocenters. The van der Waals surface area contributed by atoms with Crippen LogP contribution in [0.3, 0.4) is 0 Å². The van der Waals surface area contributed by atoms with Gasteiger partial charge in [-0.05, 0) is 47.7 Å². The van der Waals surface area contributed by atoms with Gasteiger partial charge in [-0.3, -0.25) is 0 Å². The van der Waals surface area contributed by atoms with E-state index in [9.17, 15) is 4.79 Å². The predicted octanol–water partition coefficient (Wildman–Crippen LogP) is 6.26. The van der Waals surface area contributed by atoms with Crippen molar-refractivity contribution in [2.24, 2.45) is 5.92 Å². The zero-order valence-electron chi connectivity index (χ0n) is 13.9. The van der Waals surface area contributed by atoms with E-state index < -0.39 is 0 Å². The van der Waals surface area contributed by atoms with E-state index in [1.54, 1.807) is 18.2 Å². The maximum absolute atomic E-state index is 12.3. The lowest BCUT2D eigenvalue weighted by Gasteiger charge is -2.39. The number of esters is 1. The minimum atomic E-state index is -0.359. The summed E-state index contributed by atoms with van der Waals surface area (Å²) in [5, 5.41) is 5.31. The van der Waals surface area contributed by atoms with Gasteiger partial charge in [-0.1, -0.05) is 53.0 Å². The van der Waals surface area contributed by atoms with E-state index in [1.165, 1.54) is 7.11 Å². The molecule has 0 saturated carbocycles. The molecule has 2 aromatic rings. The van der Waals surface area contributed by atoms with Crippen molar-refractivity contribution >= 4 is 46.5 Å². The third-order valence-corrected chi connectivity index (χ3v) is 6.05. The lowest BCUT2D eigenvalue weighted by Crippen LogP contribution is -2.31. The highest BCUT2D eigenvalue weighted by Crippen LogP contribution is 2.53. The fraction of sp³-hybridized carbons (Fsp3) is 0.250. The summed E-state index contributed by atoms with van der Waals surface area (Å²) in [6, 6.07) is 8.95. The average molecular weight is 409 g/mol. The summed E-state index contributed by atoms with van der Waals surface area (Å²) in [6.45, 7) is 0. The summed E-state index contributed by atoms with van der Waals surface area (Å²) in [5.74, 6) is -0.0689. The van der Waals surface area contributed by atoms with Crippen LogP contribution in [0.5, 0.6) is 0 Å². The van der Waals surface area contributed by atoms with Crippen molar-refractivity contribution in [2.75, 3.05) is 12.4 Å². The first kappa shape index (κ1) is 17.7. The summed E-state index contributed by atoms with van der Waals surface area (Å²) in [7, 11) is 1.39. The largest absolute Gasteiger partial charge is 0.465 e. The highest BCUT2D eigenvalue weighted by Gasteiger charge is 2.41. The minimum absolute atomic E-state index is 0.0299. The van der Waals surface area contributed by atoms with Crippen LogP contribution in [0.4, 0.5) is 5.69 Å². The van der Waals surface area contributed by atoms with Crippen LogP contribution in [0, 0.1) is 5.92 Å². The van der Waals surface area contributed by atoms with Crippen LogP contribution < -0.4 is 5.32 Å². The summed E-state index contributed by atoms with van der Waals surface area (Å²) in [6.07, 6.45) is 5.17. The van der Waals surface area contributed by atoms with Gasteiger partial charge in [-0.25, -0.2) is 4.79 Å². The molecule has 0 spiro atoms. The van der Waals surface area contributed by atoms with Crippen LogP contribution in [-0.2, 0) is 4.74 Å². The van der Waals surface area contributed by atoms with Gasteiger partial charge in [0.25, 0.3) is 0 Å². The third-order valence-electron chi connectivity index (χ3n) is 5.17. The van der Waals surface area contributed by atoms with Gasteiger partial charge in [0.1, 0.15) is 0 Å². The predicted molar refractivity (Wildman–Crippen MR) is 106 cm³/mol. The minimum Gasteiger partial charge on any atom is -0.465 e. The summed E-state index contributed by atoms with van der Waals surface area (Å²) >= 11 is 19.0. The normalized spacial score (nSPS) is 23.2. The Bertz CT molecular complexity index is 926. The van der Waals surface area contributed by atoms with E-state index >= 15 is 0 Å². The lowest BCUT2D eigenvalue weighted by molar-refractivity contribution is 0.0598. The topological polar surface area (TPSA) is 38.3 Å². The first-order valence-electron chi connectivity index (χ1n) is 8.30. The third kappa shape index (κ3) is 2.79. The molecule has 0 fully saturated rings. The van der Waals surface area contributed by atoms with Crippen molar-refractivity contribution in [1.29, 1.82) is 0 Å². The molecule has 0 saturated heterocycles. The van der Waals surface area contributed by atoms with Crippen LogP contribution in [0.25, 0.3) is 0 Å². The van der Waals surface area contributed by atoms with Gasteiger partial charge in [-0.15, -0.1) is 0 Å². The standard InChI is InChI=1S/C20H16Cl3NO2/c1-26-20(25)14-7-8-15(22)19-17(14)11-3-2-4-12(11)18(24-19)13-6-5-10(21)9-16(13)23/h2-3,5-9,11-12,18,24H,4H2,1H3/t11-,12+,18+/m1/s1. The Hall–Kier alpha value is -1.68.